The van der Waals surface area contributed by atoms with Crippen molar-refractivity contribution in [2.45, 2.75) is 37.8 Å². The van der Waals surface area contributed by atoms with Crippen LogP contribution in [0.4, 0.5) is 14.9 Å². The molecule has 1 aliphatic heterocycles. The summed E-state index contributed by atoms with van der Waals surface area (Å²) in [7, 11) is 1.92. The van der Waals surface area contributed by atoms with E-state index in [1.807, 2.05) is 25.2 Å². The first kappa shape index (κ1) is 25.2. The number of rotatable bonds is 5. The number of fused-ring (bicyclic) bond motifs is 1. The molecule has 1 amide bonds. The molecule has 2 unspecified atom stereocenters. The van der Waals surface area contributed by atoms with E-state index in [2.05, 4.69) is 9.88 Å². The lowest BCUT2D eigenvalue weighted by atomic mass is 9.93. The molecule has 9 heteroatoms. The van der Waals surface area contributed by atoms with Gasteiger partial charge in [-0.1, -0.05) is 17.7 Å². The van der Waals surface area contributed by atoms with Gasteiger partial charge in [-0.3, -0.25) is 4.98 Å². The Labute approximate surface area is 219 Å². The van der Waals surface area contributed by atoms with Crippen molar-refractivity contribution in [1.29, 1.82) is 0 Å². The van der Waals surface area contributed by atoms with Crippen LogP contribution in [0.5, 0.6) is 5.75 Å². The van der Waals surface area contributed by atoms with Crippen molar-refractivity contribution < 1.29 is 28.3 Å². The van der Waals surface area contributed by atoms with E-state index in [-0.39, 0.29) is 38.8 Å². The number of piperidine rings is 1. The van der Waals surface area contributed by atoms with E-state index in [1.165, 1.54) is 18.2 Å². The topological polar surface area (TPSA) is 79.7 Å². The van der Waals surface area contributed by atoms with E-state index >= 15 is 0 Å². The molecule has 0 spiro atoms. The summed E-state index contributed by atoms with van der Waals surface area (Å²) in [5.41, 5.74) is 3.19. The molecule has 0 saturated carbocycles. The predicted octanol–water partition coefficient (Wildman–Crippen LogP) is 5.87. The van der Waals surface area contributed by atoms with E-state index in [0.29, 0.717) is 6.42 Å². The quantitative estimate of drug-likeness (QED) is 0.255. The molecule has 2 aromatic carbocycles. The number of aryl methyl sites for hydroxylation is 1. The van der Waals surface area contributed by atoms with Gasteiger partial charge >= 0.3 is 12.1 Å². The number of hydrogen-bond donors (Lipinski definition) is 1. The van der Waals surface area contributed by atoms with Crippen molar-refractivity contribution in [3.05, 3.63) is 88.5 Å². The molecule has 1 fully saturated rings. The van der Waals surface area contributed by atoms with E-state index in [0.717, 1.165) is 49.2 Å². The lowest BCUT2D eigenvalue weighted by Gasteiger charge is -2.47. The summed E-state index contributed by atoms with van der Waals surface area (Å²) in [6, 6.07) is 12.8. The fraction of sp³-hybridized carbons (Fsp3) is 0.321. The maximum Gasteiger partial charge on any atom is 0.511 e. The highest BCUT2D eigenvalue weighted by Crippen LogP contribution is 2.46. The first-order valence-corrected chi connectivity index (χ1v) is 12.7. The third-order valence-corrected chi connectivity index (χ3v) is 8.19. The van der Waals surface area contributed by atoms with Crippen molar-refractivity contribution in [2.24, 2.45) is 0 Å². The zero-order valence-corrected chi connectivity index (χ0v) is 21.2. The van der Waals surface area contributed by atoms with Gasteiger partial charge in [-0.2, -0.15) is 0 Å². The van der Waals surface area contributed by atoms with Crippen LogP contribution in [0.15, 0.2) is 60.9 Å². The first-order valence-electron chi connectivity index (χ1n) is 12.3. The van der Waals surface area contributed by atoms with Crippen LogP contribution in [0.2, 0.25) is 5.02 Å². The molecule has 192 valence electrons. The van der Waals surface area contributed by atoms with Crippen molar-refractivity contribution in [3.63, 3.8) is 0 Å². The number of benzene rings is 2. The average Bonchev–Trinajstić information content (AvgIpc) is 3.33. The monoisotopic (exact) mass is 524 g/mol. The highest BCUT2D eigenvalue weighted by Gasteiger charge is 2.51. The lowest BCUT2D eigenvalue weighted by molar-refractivity contribution is -0.887. The molecule has 2 aliphatic rings. The molecule has 1 aliphatic carbocycles. The molecule has 1 saturated heterocycles. The standard InChI is InChI=1S/C28H27ClFN3O4/c1-33(27(34)24-16-19(30)4-6-25(24)29,21-10-14-32(15-11-21)20-8-12-31-13-9-20)26-7-3-18-2-5-22(17-23(18)26)37-28(35)36/h2,4-6,8-9,12-13,16-17,21,26H,3,7,10-11,14-15H2,1H3/p+1. The van der Waals surface area contributed by atoms with Crippen molar-refractivity contribution in [2.75, 3.05) is 25.0 Å². The lowest BCUT2D eigenvalue weighted by Crippen LogP contribution is -2.60. The maximum absolute atomic E-state index is 14.3. The van der Waals surface area contributed by atoms with Crippen LogP contribution in [-0.2, 0) is 6.42 Å². The van der Waals surface area contributed by atoms with E-state index in [9.17, 15) is 14.0 Å². The third-order valence-electron chi connectivity index (χ3n) is 7.86. The first-order chi connectivity index (χ1) is 17.8. The normalized spacial score (nSPS) is 19.2. The number of pyridine rings is 1. The molecule has 1 aromatic heterocycles. The number of ether oxygens (including phenoxy) is 1. The highest BCUT2D eigenvalue weighted by atomic mass is 35.5. The van der Waals surface area contributed by atoms with Gasteiger partial charge in [0.25, 0.3) is 0 Å². The molecule has 5 rings (SSSR count). The van der Waals surface area contributed by atoms with E-state index < -0.39 is 12.0 Å². The van der Waals surface area contributed by atoms with Gasteiger partial charge in [0, 0.05) is 56.0 Å². The van der Waals surface area contributed by atoms with Crippen LogP contribution in [0, 0.1) is 5.82 Å². The second-order valence-corrected chi connectivity index (χ2v) is 10.2. The minimum Gasteiger partial charge on any atom is -0.449 e. The summed E-state index contributed by atoms with van der Waals surface area (Å²) >= 11 is 6.43. The number of carbonyl (C=O) groups is 2. The SMILES string of the molecule is C[N+](C(=O)c1cc(F)ccc1Cl)(C1CCN(c2ccncc2)CC1)C1CCc2ccc(OC(=O)O)cc21. The Kier molecular flexibility index (Phi) is 6.88. The second-order valence-electron chi connectivity index (χ2n) is 9.78. The Balaban J connectivity index is 1.53. The summed E-state index contributed by atoms with van der Waals surface area (Å²) in [5, 5.41) is 9.33. The number of aromatic nitrogens is 1. The van der Waals surface area contributed by atoms with Gasteiger partial charge in [0.15, 0.2) is 0 Å². The van der Waals surface area contributed by atoms with Gasteiger partial charge in [-0.25, -0.2) is 18.5 Å². The molecule has 2 heterocycles. The van der Waals surface area contributed by atoms with Gasteiger partial charge in [-0.05, 0) is 54.4 Å². The Morgan fingerprint density at radius 3 is 2.51 bits per heavy atom. The number of halogens is 2. The summed E-state index contributed by atoms with van der Waals surface area (Å²) in [5.74, 6) is -0.543. The molecule has 0 radical (unpaired) electrons. The smallest absolute Gasteiger partial charge is 0.449 e. The summed E-state index contributed by atoms with van der Waals surface area (Å²) in [6.45, 7) is 1.52. The molecule has 0 bridgehead atoms. The Morgan fingerprint density at radius 1 is 1.08 bits per heavy atom. The van der Waals surface area contributed by atoms with Gasteiger partial charge in [-0.15, -0.1) is 0 Å². The summed E-state index contributed by atoms with van der Waals surface area (Å²) < 4.78 is 19.2. The largest absolute Gasteiger partial charge is 0.511 e. The molecule has 2 atom stereocenters. The Bertz CT molecular complexity index is 1330. The van der Waals surface area contributed by atoms with Crippen LogP contribution >= 0.6 is 11.6 Å². The number of quaternary nitrogens is 1. The summed E-state index contributed by atoms with van der Waals surface area (Å²) in [4.78, 5) is 31.9. The van der Waals surface area contributed by atoms with Gasteiger partial charge in [0.2, 0.25) is 0 Å². The second kappa shape index (κ2) is 10.1. The molecule has 3 aromatic rings. The van der Waals surface area contributed by atoms with Crippen LogP contribution in [0.1, 0.15) is 46.8 Å². The van der Waals surface area contributed by atoms with E-state index in [1.54, 1.807) is 24.5 Å². The van der Waals surface area contributed by atoms with Crippen molar-refractivity contribution >= 4 is 29.4 Å². The highest BCUT2D eigenvalue weighted by molar-refractivity contribution is 6.33. The van der Waals surface area contributed by atoms with Crippen molar-refractivity contribution in [1.82, 2.24) is 4.98 Å². The molecule has 7 nitrogen and oxygen atoms in total. The van der Waals surface area contributed by atoms with Crippen LogP contribution in [0.3, 0.4) is 0 Å². The van der Waals surface area contributed by atoms with Gasteiger partial charge in [0.1, 0.15) is 23.2 Å². The number of amides is 1. The zero-order valence-electron chi connectivity index (χ0n) is 20.4. The fourth-order valence-corrected chi connectivity index (χ4v) is 6.18. The Morgan fingerprint density at radius 2 is 1.81 bits per heavy atom. The zero-order chi connectivity index (χ0) is 26.2. The van der Waals surface area contributed by atoms with Crippen molar-refractivity contribution in [3.8, 4) is 5.75 Å². The number of anilines is 1. The molecule has 1 N–H and O–H groups in total. The number of carboxylic acid groups (broad SMARTS) is 1. The summed E-state index contributed by atoms with van der Waals surface area (Å²) in [6.07, 6.45) is 5.08. The maximum atomic E-state index is 14.3. The fourth-order valence-electron chi connectivity index (χ4n) is 5.98. The minimum atomic E-state index is -1.39. The van der Waals surface area contributed by atoms with Gasteiger partial charge in [0.05, 0.1) is 18.1 Å². The molecular formula is C28H28ClFN3O4+. The molecular weight excluding hydrogens is 497 g/mol. The number of hydrogen-bond acceptors (Lipinski definition) is 5. The van der Waals surface area contributed by atoms with Crippen LogP contribution < -0.4 is 9.64 Å². The molecule has 37 heavy (non-hydrogen) atoms. The van der Waals surface area contributed by atoms with E-state index in [4.69, 9.17) is 21.4 Å². The number of nitrogens with zero attached hydrogens (tertiary/aromatic N) is 3. The Hall–Kier alpha value is -3.49. The minimum absolute atomic E-state index is 0.0247. The third kappa shape index (κ3) is 4.79. The van der Waals surface area contributed by atoms with Crippen LogP contribution in [0.25, 0.3) is 0 Å². The number of carbonyl (C=O) groups excluding carboxylic acids is 1. The predicted molar refractivity (Wildman–Crippen MR) is 138 cm³/mol. The van der Waals surface area contributed by atoms with Crippen LogP contribution in [-0.4, -0.2) is 52.8 Å². The van der Waals surface area contributed by atoms with Gasteiger partial charge < -0.3 is 14.7 Å². The average molecular weight is 525 g/mol.